The Kier molecular flexibility index (Phi) is 23.4. The van der Waals surface area contributed by atoms with Crippen molar-refractivity contribution >= 4 is 27.5 Å². The van der Waals surface area contributed by atoms with Crippen LogP contribution in [0.25, 0.3) is 0 Å². The third kappa shape index (κ3) is 19.1. The Morgan fingerprint density at radius 1 is 0.556 bits per heavy atom. The molecule has 258 valence electrons. The molecule has 0 aliphatic carbocycles. The molecule has 45 heavy (non-hydrogen) atoms. The molecule has 0 saturated heterocycles. The van der Waals surface area contributed by atoms with E-state index in [0.29, 0.717) is 22.8 Å². The zero-order valence-electron chi connectivity index (χ0n) is 29.1. The lowest BCUT2D eigenvalue weighted by molar-refractivity contribution is -0.138. The summed E-state index contributed by atoms with van der Waals surface area (Å²) in [6.45, 7) is 4.46. The van der Waals surface area contributed by atoms with E-state index in [9.17, 15) is 18.0 Å². The minimum Gasteiger partial charge on any atom is -0.285 e. The van der Waals surface area contributed by atoms with Crippen LogP contribution in [0.5, 0.6) is 0 Å². The van der Waals surface area contributed by atoms with Gasteiger partial charge in [0.05, 0.1) is 10.6 Å². The third-order valence-corrected chi connectivity index (χ3v) is 9.91. The van der Waals surface area contributed by atoms with Crippen LogP contribution >= 0.6 is 0 Å². The molecule has 0 aliphatic heterocycles. The second kappa shape index (κ2) is 25.9. The normalized spacial score (nSPS) is 11.7. The lowest BCUT2D eigenvalue weighted by atomic mass is 10.0. The molecule has 0 unspecified atom stereocenters. The minimum atomic E-state index is -4.32. The number of carbonyl (C=O) groups is 2. The number of amides is 2. The van der Waals surface area contributed by atoms with Gasteiger partial charge < -0.3 is 0 Å². The van der Waals surface area contributed by atoms with Crippen molar-refractivity contribution in [2.75, 3.05) is 14.1 Å². The molecule has 0 heterocycles. The van der Waals surface area contributed by atoms with Crippen LogP contribution in [0.4, 0.5) is 5.69 Å². The average Bonchev–Trinajstić information content (AvgIpc) is 3.01. The summed E-state index contributed by atoms with van der Waals surface area (Å²) in [5, 5.41) is 9.50. The van der Waals surface area contributed by atoms with Crippen molar-refractivity contribution in [3.05, 3.63) is 24.3 Å². The van der Waals surface area contributed by atoms with E-state index in [4.69, 9.17) is 0 Å². The van der Waals surface area contributed by atoms with Crippen molar-refractivity contribution in [1.82, 2.24) is 9.31 Å². The Bertz CT molecular complexity index is 1000. The van der Waals surface area contributed by atoms with Crippen LogP contribution in [0.3, 0.4) is 0 Å². The molecule has 0 aromatic heterocycles. The Morgan fingerprint density at radius 2 is 0.889 bits per heavy atom. The van der Waals surface area contributed by atoms with E-state index in [0.717, 1.165) is 38.5 Å². The lowest BCUT2D eigenvalue weighted by Gasteiger charge is -2.21. The zero-order valence-corrected chi connectivity index (χ0v) is 29.9. The van der Waals surface area contributed by atoms with Crippen molar-refractivity contribution in [2.45, 2.75) is 173 Å². The predicted octanol–water partition coefficient (Wildman–Crippen LogP) is 10.7. The van der Waals surface area contributed by atoms with Gasteiger partial charge in [0.25, 0.3) is 10.0 Å². The quantitative estimate of drug-likeness (QED) is 0.0511. The van der Waals surface area contributed by atoms with E-state index < -0.39 is 21.8 Å². The van der Waals surface area contributed by atoms with Crippen molar-refractivity contribution in [1.29, 1.82) is 0 Å². The molecule has 0 N–H and O–H groups in total. The van der Waals surface area contributed by atoms with Crippen LogP contribution in [0.1, 0.15) is 168 Å². The molecule has 0 radical (unpaired) electrons. The predicted molar refractivity (Wildman–Crippen MR) is 186 cm³/mol. The number of hydrogen-bond donors (Lipinski definition) is 0. The third-order valence-electron chi connectivity index (χ3n) is 8.16. The maximum Gasteiger partial charge on any atom is 0.273 e. The second-order valence-corrected chi connectivity index (χ2v) is 14.4. The monoisotopic (exact) mass is 648 g/mol. The van der Waals surface area contributed by atoms with Crippen LogP contribution in [0, 0.1) is 0 Å². The van der Waals surface area contributed by atoms with E-state index in [1.807, 2.05) is 0 Å². The number of unbranched alkanes of at least 4 members (excludes halogenated alkanes) is 20. The van der Waals surface area contributed by atoms with Gasteiger partial charge in [0, 0.05) is 26.9 Å². The van der Waals surface area contributed by atoms with Crippen LogP contribution < -0.4 is 0 Å². The number of benzene rings is 1. The van der Waals surface area contributed by atoms with Crippen LogP contribution in [-0.4, -0.2) is 43.6 Å². The zero-order chi connectivity index (χ0) is 33.2. The first kappa shape index (κ1) is 40.7. The standard InChI is InChI=1S/C36H64N4O4S/c1-5-7-9-11-13-15-17-19-21-23-25-27-35(41)40(36(42)28-26-24-22-20-18-16-14-12-10-8-6-2)45(43,44)34-31-29-33(30-32-34)37-38-39(3)4/h29-32H,5-28H2,1-4H3. The fraction of sp³-hybridized carbons (Fsp3) is 0.778. The summed E-state index contributed by atoms with van der Waals surface area (Å²) in [6.07, 6.45) is 25.1. The van der Waals surface area contributed by atoms with Gasteiger partial charge in [-0.05, 0) is 37.1 Å². The summed E-state index contributed by atoms with van der Waals surface area (Å²) in [4.78, 5) is 26.5. The SMILES string of the molecule is CCCCCCCCCCCCCC(=O)N(C(=O)CCCCCCCCCCCCC)S(=O)(=O)c1ccc(N=NN(C)C)cc1. The van der Waals surface area contributed by atoms with Gasteiger partial charge >= 0.3 is 0 Å². The van der Waals surface area contributed by atoms with Gasteiger partial charge in [-0.1, -0.05) is 147 Å². The van der Waals surface area contributed by atoms with Crippen LogP contribution in [0.15, 0.2) is 39.5 Å². The fourth-order valence-corrected chi connectivity index (χ4v) is 6.83. The molecule has 0 atom stereocenters. The maximum atomic E-state index is 13.6. The van der Waals surface area contributed by atoms with Crippen molar-refractivity contribution < 1.29 is 18.0 Å². The number of rotatable bonds is 28. The van der Waals surface area contributed by atoms with Crippen molar-refractivity contribution in [3.63, 3.8) is 0 Å². The highest BCUT2D eigenvalue weighted by molar-refractivity contribution is 7.90. The van der Waals surface area contributed by atoms with Gasteiger partial charge in [-0.15, -0.1) is 5.11 Å². The van der Waals surface area contributed by atoms with Crippen molar-refractivity contribution in [3.8, 4) is 0 Å². The molecule has 9 heteroatoms. The minimum absolute atomic E-state index is 0.0510. The maximum absolute atomic E-state index is 13.6. The van der Waals surface area contributed by atoms with Gasteiger partial charge in [0.2, 0.25) is 11.8 Å². The topological polar surface area (TPSA) is 99.5 Å². The molecule has 0 bridgehead atoms. The molecular weight excluding hydrogens is 584 g/mol. The van der Waals surface area contributed by atoms with Gasteiger partial charge in [-0.3, -0.25) is 14.6 Å². The summed E-state index contributed by atoms with van der Waals surface area (Å²) < 4.78 is 27.8. The number of carbonyl (C=O) groups excluding carboxylic acids is 2. The van der Waals surface area contributed by atoms with E-state index >= 15 is 0 Å². The fourth-order valence-electron chi connectivity index (χ4n) is 5.42. The van der Waals surface area contributed by atoms with Crippen LogP contribution in [-0.2, 0) is 19.6 Å². The molecule has 1 aromatic carbocycles. The van der Waals surface area contributed by atoms with Crippen molar-refractivity contribution in [2.24, 2.45) is 10.3 Å². The molecule has 1 aromatic rings. The second-order valence-electron chi connectivity index (χ2n) is 12.7. The highest BCUT2D eigenvalue weighted by atomic mass is 32.2. The number of sulfonamides is 1. The molecule has 2 amide bonds. The number of nitrogens with zero attached hydrogens (tertiary/aromatic N) is 4. The highest BCUT2D eigenvalue weighted by Crippen LogP contribution is 2.23. The molecule has 0 spiro atoms. The Morgan fingerprint density at radius 3 is 1.22 bits per heavy atom. The average molecular weight is 649 g/mol. The first-order chi connectivity index (χ1) is 21.7. The first-order valence-corrected chi connectivity index (χ1v) is 19.5. The van der Waals surface area contributed by atoms with E-state index in [-0.39, 0.29) is 17.7 Å². The van der Waals surface area contributed by atoms with Gasteiger partial charge in [-0.2, -0.15) is 4.31 Å². The molecule has 0 aliphatic rings. The summed E-state index contributed by atoms with van der Waals surface area (Å²) in [5.74, 6) is -1.26. The molecular formula is C36H64N4O4S. The van der Waals surface area contributed by atoms with Gasteiger partial charge in [0.15, 0.2) is 0 Å². The van der Waals surface area contributed by atoms with E-state index in [2.05, 4.69) is 24.2 Å². The van der Waals surface area contributed by atoms with E-state index in [1.165, 1.54) is 119 Å². The Labute approximate surface area is 275 Å². The molecule has 0 fully saturated rings. The van der Waals surface area contributed by atoms with Crippen LogP contribution in [0.2, 0.25) is 0 Å². The van der Waals surface area contributed by atoms with E-state index in [1.54, 1.807) is 14.1 Å². The largest absolute Gasteiger partial charge is 0.285 e. The lowest BCUT2D eigenvalue weighted by Crippen LogP contribution is -2.41. The molecule has 1 rings (SSSR count). The van der Waals surface area contributed by atoms with Gasteiger partial charge in [-0.25, -0.2) is 8.42 Å². The Balaban J connectivity index is 2.66. The van der Waals surface area contributed by atoms with Gasteiger partial charge in [0.1, 0.15) is 0 Å². The summed E-state index contributed by atoms with van der Waals surface area (Å²) in [7, 11) is -0.848. The smallest absolute Gasteiger partial charge is 0.273 e. The molecule has 8 nitrogen and oxygen atoms in total. The summed E-state index contributed by atoms with van der Waals surface area (Å²) in [5.41, 5.74) is 0.480. The Hall–Kier alpha value is -2.29. The number of hydrogen-bond acceptors (Lipinski definition) is 6. The summed E-state index contributed by atoms with van der Waals surface area (Å²) in [6, 6.07) is 5.83. The summed E-state index contributed by atoms with van der Waals surface area (Å²) >= 11 is 0. The highest BCUT2D eigenvalue weighted by Gasteiger charge is 2.34. The molecule has 0 saturated carbocycles. The first-order valence-electron chi connectivity index (χ1n) is 18.0. The number of imide groups is 1.